The standard InChI is InChI=1S/C26H34FN7/c1-3-22-24(28-2)29-18-30-26(22)33-12-8-19(9-13-33)25-31-23(20-6-4-7-21(27)16-20)17-34(25)15-14-32-10-5-11-32/h4,6-7,16-19H,3,5,8-15H2,1-2H3,(H,28,29,30). The number of nitrogens with one attached hydrogen (secondary N) is 1. The van der Waals surface area contributed by atoms with Crippen LogP contribution in [0, 0.1) is 5.82 Å². The number of hydrogen-bond donors (Lipinski definition) is 1. The first-order valence-corrected chi connectivity index (χ1v) is 12.5. The van der Waals surface area contributed by atoms with Crippen LogP contribution in [0.3, 0.4) is 0 Å². The van der Waals surface area contributed by atoms with E-state index in [1.54, 1.807) is 18.5 Å². The third kappa shape index (κ3) is 4.64. The molecule has 0 atom stereocenters. The van der Waals surface area contributed by atoms with Crippen molar-refractivity contribution in [1.29, 1.82) is 0 Å². The molecule has 2 aliphatic heterocycles. The maximum absolute atomic E-state index is 13.9. The molecular weight excluding hydrogens is 429 g/mol. The largest absolute Gasteiger partial charge is 0.373 e. The van der Waals surface area contributed by atoms with Gasteiger partial charge < -0.3 is 19.7 Å². The third-order valence-electron chi connectivity index (χ3n) is 7.21. The summed E-state index contributed by atoms with van der Waals surface area (Å²) < 4.78 is 16.2. The van der Waals surface area contributed by atoms with Crippen molar-refractivity contribution in [3.63, 3.8) is 0 Å². The molecule has 1 N–H and O–H groups in total. The van der Waals surface area contributed by atoms with E-state index in [-0.39, 0.29) is 5.82 Å². The van der Waals surface area contributed by atoms with E-state index in [1.165, 1.54) is 31.1 Å². The molecule has 1 aromatic carbocycles. The number of nitrogens with zero attached hydrogens (tertiary/aromatic N) is 6. The summed E-state index contributed by atoms with van der Waals surface area (Å²) in [6.45, 7) is 8.36. The Kier molecular flexibility index (Phi) is 6.76. The first-order chi connectivity index (χ1) is 16.7. The van der Waals surface area contributed by atoms with Crippen LogP contribution >= 0.6 is 0 Å². The minimum atomic E-state index is -0.222. The van der Waals surface area contributed by atoms with E-state index in [9.17, 15) is 4.39 Å². The minimum Gasteiger partial charge on any atom is -0.373 e. The summed E-state index contributed by atoms with van der Waals surface area (Å²) in [5.41, 5.74) is 2.88. The SMILES string of the molecule is CCc1c(NC)ncnc1N1CCC(c2nc(-c3cccc(F)c3)cn2CCN2CCC2)CC1. The summed E-state index contributed by atoms with van der Waals surface area (Å²) in [4.78, 5) is 18.9. The molecule has 0 aliphatic carbocycles. The van der Waals surface area contributed by atoms with Crippen molar-refractivity contribution in [2.45, 2.75) is 45.1 Å². The lowest BCUT2D eigenvalue weighted by atomic mass is 9.95. The Balaban J connectivity index is 1.36. The smallest absolute Gasteiger partial charge is 0.137 e. The maximum Gasteiger partial charge on any atom is 0.137 e. The molecule has 0 radical (unpaired) electrons. The Morgan fingerprint density at radius 2 is 1.91 bits per heavy atom. The van der Waals surface area contributed by atoms with E-state index in [0.717, 1.165) is 74.2 Å². The molecular formula is C26H34FN7. The number of rotatable bonds is 8. The first kappa shape index (κ1) is 22.8. The average molecular weight is 464 g/mol. The van der Waals surface area contributed by atoms with Crippen LogP contribution < -0.4 is 10.2 Å². The highest BCUT2D eigenvalue weighted by Gasteiger charge is 2.28. The normalized spacial score (nSPS) is 17.1. The number of halogens is 1. The van der Waals surface area contributed by atoms with E-state index >= 15 is 0 Å². The van der Waals surface area contributed by atoms with Gasteiger partial charge in [-0.2, -0.15) is 0 Å². The van der Waals surface area contributed by atoms with Crippen LogP contribution in [0.2, 0.25) is 0 Å². The van der Waals surface area contributed by atoms with Gasteiger partial charge in [-0.3, -0.25) is 0 Å². The van der Waals surface area contributed by atoms with E-state index in [1.807, 2.05) is 13.1 Å². The van der Waals surface area contributed by atoms with Crippen LogP contribution in [0.4, 0.5) is 16.0 Å². The van der Waals surface area contributed by atoms with Gasteiger partial charge in [0.25, 0.3) is 0 Å². The molecule has 0 unspecified atom stereocenters. The van der Waals surface area contributed by atoms with Crippen molar-refractivity contribution in [2.75, 3.05) is 50.0 Å². The lowest BCUT2D eigenvalue weighted by molar-refractivity contribution is 0.173. The van der Waals surface area contributed by atoms with Crippen LogP contribution in [-0.2, 0) is 13.0 Å². The van der Waals surface area contributed by atoms with E-state index < -0.39 is 0 Å². The molecule has 0 bridgehead atoms. The highest BCUT2D eigenvalue weighted by Crippen LogP contribution is 2.33. The quantitative estimate of drug-likeness (QED) is 0.541. The minimum absolute atomic E-state index is 0.222. The van der Waals surface area contributed by atoms with Crippen molar-refractivity contribution in [3.05, 3.63) is 54.0 Å². The van der Waals surface area contributed by atoms with Gasteiger partial charge in [0.2, 0.25) is 0 Å². The van der Waals surface area contributed by atoms with Gasteiger partial charge in [0.05, 0.1) is 5.69 Å². The second kappa shape index (κ2) is 10.1. The van der Waals surface area contributed by atoms with Crippen LogP contribution in [0.5, 0.6) is 0 Å². The summed E-state index contributed by atoms with van der Waals surface area (Å²) in [6, 6.07) is 6.76. The first-order valence-electron chi connectivity index (χ1n) is 12.5. The monoisotopic (exact) mass is 463 g/mol. The second-order valence-corrected chi connectivity index (χ2v) is 9.27. The van der Waals surface area contributed by atoms with Gasteiger partial charge >= 0.3 is 0 Å². The number of piperidine rings is 1. The molecule has 2 aliphatic rings. The Bertz CT molecular complexity index is 1120. The highest BCUT2D eigenvalue weighted by molar-refractivity contribution is 5.60. The van der Waals surface area contributed by atoms with Gasteiger partial charge in [0.1, 0.15) is 29.6 Å². The second-order valence-electron chi connectivity index (χ2n) is 9.27. The van der Waals surface area contributed by atoms with Crippen LogP contribution in [0.1, 0.15) is 43.5 Å². The molecule has 180 valence electrons. The van der Waals surface area contributed by atoms with Gasteiger partial charge in [-0.05, 0) is 50.9 Å². The molecule has 0 saturated carbocycles. The number of anilines is 2. The number of benzene rings is 1. The highest BCUT2D eigenvalue weighted by atomic mass is 19.1. The van der Waals surface area contributed by atoms with Gasteiger partial charge in [-0.25, -0.2) is 19.3 Å². The topological polar surface area (TPSA) is 62.1 Å². The Morgan fingerprint density at radius 1 is 1.09 bits per heavy atom. The fourth-order valence-corrected chi connectivity index (χ4v) is 5.14. The van der Waals surface area contributed by atoms with Crippen LogP contribution in [-0.4, -0.2) is 64.2 Å². The predicted octanol–water partition coefficient (Wildman–Crippen LogP) is 4.17. The summed E-state index contributed by atoms with van der Waals surface area (Å²) in [5.74, 6) is 3.25. The Labute approximate surface area is 201 Å². The summed E-state index contributed by atoms with van der Waals surface area (Å²) in [7, 11) is 1.91. The summed E-state index contributed by atoms with van der Waals surface area (Å²) in [5, 5.41) is 3.20. The molecule has 2 aromatic heterocycles. The van der Waals surface area contributed by atoms with E-state index in [4.69, 9.17) is 4.98 Å². The van der Waals surface area contributed by atoms with Crippen molar-refractivity contribution >= 4 is 11.6 Å². The molecule has 34 heavy (non-hydrogen) atoms. The zero-order valence-corrected chi connectivity index (χ0v) is 20.2. The fourth-order valence-electron chi connectivity index (χ4n) is 5.14. The maximum atomic E-state index is 13.9. The predicted molar refractivity (Wildman–Crippen MR) is 134 cm³/mol. The van der Waals surface area contributed by atoms with Gasteiger partial charge in [-0.15, -0.1) is 0 Å². The molecule has 2 saturated heterocycles. The van der Waals surface area contributed by atoms with Crippen LogP contribution in [0.15, 0.2) is 36.8 Å². The average Bonchev–Trinajstić information content (AvgIpc) is 3.27. The molecule has 7 nitrogen and oxygen atoms in total. The fraction of sp³-hybridized carbons (Fsp3) is 0.500. The third-order valence-corrected chi connectivity index (χ3v) is 7.21. The zero-order chi connectivity index (χ0) is 23.5. The number of imidazole rings is 1. The van der Waals surface area contributed by atoms with Gasteiger partial charge in [-0.1, -0.05) is 19.1 Å². The van der Waals surface area contributed by atoms with Crippen molar-refractivity contribution < 1.29 is 4.39 Å². The summed E-state index contributed by atoms with van der Waals surface area (Å²) >= 11 is 0. The van der Waals surface area contributed by atoms with Crippen molar-refractivity contribution in [1.82, 2.24) is 24.4 Å². The van der Waals surface area contributed by atoms with Crippen molar-refractivity contribution in [2.24, 2.45) is 0 Å². The molecule has 0 amide bonds. The molecule has 0 spiro atoms. The van der Waals surface area contributed by atoms with E-state index in [2.05, 4.69) is 42.8 Å². The molecule has 5 rings (SSSR count). The summed E-state index contributed by atoms with van der Waals surface area (Å²) in [6.07, 6.45) is 8.00. The molecule has 3 aromatic rings. The van der Waals surface area contributed by atoms with E-state index in [0.29, 0.717) is 5.92 Å². The van der Waals surface area contributed by atoms with Crippen molar-refractivity contribution in [3.8, 4) is 11.3 Å². The molecule has 2 fully saturated rings. The lowest BCUT2D eigenvalue weighted by Gasteiger charge is -2.34. The van der Waals surface area contributed by atoms with Gasteiger partial charge in [0, 0.05) is 56.5 Å². The number of aromatic nitrogens is 4. The Hall–Kier alpha value is -3.00. The number of likely N-dealkylation sites (tertiary alicyclic amines) is 1. The number of hydrogen-bond acceptors (Lipinski definition) is 6. The van der Waals surface area contributed by atoms with Crippen LogP contribution in [0.25, 0.3) is 11.3 Å². The zero-order valence-electron chi connectivity index (χ0n) is 20.2. The Morgan fingerprint density at radius 3 is 2.59 bits per heavy atom. The van der Waals surface area contributed by atoms with Gasteiger partial charge in [0.15, 0.2) is 0 Å². The lowest BCUT2D eigenvalue weighted by Crippen LogP contribution is -2.39. The molecule has 4 heterocycles. The molecule has 8 heteroatoms.